The monoisotopic (exact) mass is 373 g/mol. The Labute approximate surface area is 159 Å². The topological polar surface area (TPSA) is 103 Å². The molecule has 1 saturated carbocycles. The smallest absolute Gasteiger partial charge is 0.307 e. The van der Waals surface area contributed by atoms with Gasteiger partial charge in [0.1, 0.15) is 11.6 Å². The predicted octanol–water partition coefficient (Wildman–Crippen LogP) is 1.99. The molecule has 27 heavy (non-hydrogen) atoms. The molecule has 1 aromatic heterocycles. The van der Waals surface area contributed by atoms with Crippen molar-refractivity contribution in [2.45, 2.75) is 52.9 Å². The summed E-state index contributed by atoms with van der Waals surface area (Å²) in [5, 5.41) is 9.16. The zero-order chi connectivity index (χ0) is 20.0. The van der Waals surface area contributed by atoms with E-state index in [4.69, 9.17) is 10.00 Å². The summed E-state index contributed by atoms with van der Waals surface area (Å²) >= 11 is 0. The van der Waals surface area contributed by atoms with Gasteiger partial charge >= 0.3 is 5.97 Å². The van der Waals surface area contributed by atoms with Crippen molar-refractivity contribution in [2.24, 2.45) is 5.92 Å². The number of amides is 1. The zero-order valence-electron chi connectivity index (χ0n) is 16.3. The maximum Gasteiger partial charge on any atom is 0.307 e. The molecule has 1 aliphatic carbocycles. The van der Waals surface area contributed by atoms with Crippen molar-refractivity contribution in [1.82, 2.24) is 9.88 Å². The molecular weight excluding hydrogens is 346 g/mol. The highest BCUT2D eigenvalue weighted by atomic mass is 16.5. The third-order valence-corrected chi connectivity index (χ3v) is 4.93. The summed E-state index contributed by atoms with van der Waals surface area (Å²) in [6, 6.07) is 1.93. The molecule has 2 rings (SSSR count). The van der Waals surface area contributed by atoms with E-state index in [2.05, 4.69) is 4.98 Å². The Morgan fingerprint density at radius 1 is 1.30 bits per heavy atom. The number of aryl methyl sites for hydroxylation is 1. The van der Waals surface area contributed by atoms with Crippen LogP contribution in [0, 0.1) is 31.1 Å². The molecule has 1 aliphatic rings. The largest absolute Gasteiger partial charge is 0.466 e. The van der Waals surface area contributed by atoms with E-state index >= 15 is 0 Å². The number of hydrogen-bond acceptors (Lipinski definition) is 5. The molecule has 0 radical (unpaired) electrons. The van der Waals surface area contributed by atoms with Crippen molar-refractivity contribution in [2.75, 3.05) is 19.7 Å². The summed E-state index contributed by atoms with van der Waals surface area (Å²) in [6.07, 6.45) is 3.15. The number of pyridine rings is 1. The number of nitriles is 1. The molecule has 1 fully saturated rings. The third kappa shape index (κ3) is 5.68. The number of H-pyrrole nitrogens is 1. The first-order valence-electron chi connectivity index (χ1n) is 9.43. The summed E-state index contributed by atoms with van der Waals surface area (Å²) in [7, 11) is 0. The van der Waals surface area contributed by atoms with Crippen molar-refractivity contribution in [3.8, 4) is 6.07 Å². The molecule has 0 atom stereocenters. The van der Waals surface area contributed by atoms with E-state index in [1.54, 1.807) is 25.7 Å². The summed E-state index contributed by atoms with van der Waals surface area (Å²) in [6.45, 7) is 6.64. The van der Waals surface area contributed by atoms with Crippen molar-refractivity contribution in [3.63, 3.8) is 0 Å². The molecular formula is C20H27N3O4. The van der Waals surface area contributed by atoms with E-state index in [-0.39, 0.29) is 30.3 Å². The molecule has 146 valence electrons. The van der Waals surface area contributed by atoms with Crippen LogP contribution in [-0.4, -0.2) is 41.5 Å². The number of nitrogens with zero attached hydrogens (tertiary/aromatic N) is 2. The minimum absolute atomic E-state index is 0.0188. The number of aromatic nitrogens is 1. The lowest BCUT2D eigenvalue weighted by atomic mass is 9.99. The van der Waals surface area contributed by atoms with Crippen LogP contribution in [0.2, 0.25) is 0 Å². The maximum absolute atomic E-state index is 12.7. The normalized spacial score (nSPS) is 13.1. The molecule has 1 amide bonds. The number of esters is 1. The van der Waals surface area contributed by atoms with Gasteiger partial charge in [0.15, 0.2) is 0 Å². The fourth-order valence-corrected chi connectivity index (χ4v) is 3.20. The number of carbonyl (C=O) groups is 2. The number of nitrogens with one attached hydrogen (secondary N) is 1. The molecule has 0 aliphatic heterocycles. The summed E-state index contributed by atoms with van der Waals surface area (Å²) in [4.78, 5) is 40.6. The summed E-state index contributed by atoms with van der Waals surface area (Å²) in [5.74, 6) is 0.213. The average molecular weight is 373 g/mol. The van der Waals surface area contributed by atoms with E-state index in [0.29, 0.717) is 43.3 Å². The Bertz CT molecular complexity index is 803. The van der Waals surface area contributed by atoms with Gasteiger partial charge in [0.25, 0.3) is 5.56 Å². The van der Waals surface area contributed by atoms with Crippen LogP contribution in [-0.2, 0) is 20.7 Å². The molecule has 1 aromatic rings. The van der Waals surface area contributed by atoms with Gasteiger partial charge in [-0.3, -0.25) is 14.4 Å². The van der Waals surface area contributed by atoms with Crippen LogP contribution in [0.4, 0.5) is 0 Å². The van der Waals surface area contributed by atoms with Crippen molar-refractivity contribution >= 4 is 11.9 Å². The second-order valence-electron chi connectivity index (χ2n) is 7.01. The molecule has 7 nitrogen and oxygen atoms in total. The Balaban J connectivity index is 2.03. The highest BCUT2D eigenvalue weighted by molar-refractivity contribution is 5.77. The first kappa shape index (κ1) is 20.7. The molecule has 1 N–H and O–H groups in total. The van der Waals surface area contributed by atoms with Crippen LogP contribution in [0.15, 0.2) is 4.79 Å². The minimum atomic E-state index is -0.396. The van der Waals surface area contributed by atoms with Crippen molar-refractivity contribution in [3.05, 3.63) is 32.7 Å². The number of hydrogen-bond donors (Lipinski definition) is 1. The van der Waals surface area contributed by atoms with Crippen LogP contribution in [0.3, 0.4) is 0 Å². The first-order chi connectivity index (χ1) is 12.9. The second-order valence-corrected chi connectivity index (χ2v) is 7.01. The van der Waals surface area contributed by atoms with Crippen molar-refractivity contribution < 1.29 is 14.3 Å². The second kappa shape index (κ2) is 9.36. The van der Waals surface area contributed by atoms with Gasteiger partial charge in [-0.05, 0) is 57.1 Å². The Hall–Kier alpha value is -2.62. The highest BCUT2D eigenvalue weighted by Crippen LogP contribution is 2.30. The molecule has 0 aromatic carbocycles. The lowest BCUT2D eigenvalue weighted by molar-refractivity contribution is -0.144. The lowest BCUT2D eigenvalue weighted by Gasteiger charge is -2.23. The number of carbonyl (C=O) groups excluding carboxylic acids is 2. The van der Waals surface area contributed by atoms with Gasteiger partial charge in [-0.25, -0.2) is 0 Å². The maximum atomic E-state index is 12.7. The molecule has 0 spiro atoms. The SMILES string of the molecule is CCOC(=O)CCN(CC1CC1)C(=O)CCc1c(C)[nH]c(=O)c(C#N)c1C. The van der Waals surface area contributed by atoms with Crippen LogP contribution in [0.5, 0.6) is 0 Å². The molecule has 0 saturated heterocycles. The predicted molar refractivity (Wildman–Crippen MR) is 100 cm³/mol. The highest BCUT2D eigenvalue weighted by Gasteiger charge is 2.27. The van der Waals surface area contributed by atoms with Gasteiger partial charge in [-0.1, -0.05) is 0 Å². The number of ether oxygens (including phenoxy) is 1. The third-order valence-electron chi connectivity index (χ3n) is 4.93. The van der Waals surface area contributed by atoms with E-state index in [1.165, 1.54) is 0 Å². The van der Waals surface area contributed by atoms with Gasteiger partial charge in [0.2, 0.25) is 5.91 Å². The Kier molecular flexibility index (Phi) is 7.17. The van der Waals surface area contributed by atoms with Crippen LogP contribution >= 0.6 is 0 Å². The zero-order valence-corrected chi connectivity index (χ0v) is 16.3. The van der Waals surface area contributed by atoms with Crippen LogP contribution in [0.25, 0.3) is 0 Å². The van der Waals surface area contributed by atoms with Gasteiger partial charge in [-0.2, -0.15) is 5.26 Å². The molecule has 0 unspecified atom stereocenters. The summed E-state index contributed by atoms with van der Waals surface area (Å²) in [5.41, 5.74) is 1.85. The van der Waals surface area contributed by atoms with E-state index in [0.717, 1.165) is 18.4 Å². The quantitative estimate of drug-likeness (QED) is 0.667. The standard InChI is InChI=1S/C20H27N3O4/c1-4-27-19(25)9-10-23(12-15-5-6-15)18(24)8-7-16-13(2)17(11-21)20(26)22-14(16)3/h15H,4-10,12H2,1-3H3,(H,22,26). The number of aromatic amines is 1. The lowest BCUT2D eigenvalue weighted by Crippen LogP contribution is -2.35. The van der Waals surface area contributed by atoms with Crippen LogP contribution < -0.4 is 5.56 Å². The molecule has 1 heterocycles. The fraction of sp³-hybridized carbons (Fsp3) is 0.600. The Morgan fingerprint density at radius 3 is 2.59 bits per heavy atom. The molecule has 7 heteroatoms. The van der Waals surface area contributed by atoms with E-state index < -0.39 is 5.56 Å². The van der Waals surface area contributed by atoms with Gasteiger partial charge < -0.3 is 14.6 Å². The van der Waals surface area contributed by atoms with Gasteiger partial charge in [-0.15, -0.1) is 0 Å². The number of rotatable bonds is 9. The summed E-state index contributed by atoms with van der Waals surface area (Å²) < 4.78 is 4.95. The van der Waals surface area contributed by atoms with E-state index in [9.17, 15) is 14.4 Å². The van der Waals surface area contributed by atoms with Gasteiger partial charge in [0, 0.05) is 25.2 Å². The molecule has 0 bridgehead atoms. The van der Waals surface area contributed by atoms with Gasteiger partial charge in [0.05, 0.1) is 13.0 Å². The van der Waals surface area contributed by atoms with E-state index in [1.807, 2.05) is 6.07 Å². The minimum Gasteiger partial charge on any atom is -0.466 e. The van der Waals surface area contributed by atoms with Crippen molar-refractivity contribution in [1.29, 1.82) is 5.26 Å². The fourth-order valence-electron chi connectivity index (χ4n) is 3.20. The first-order valence-corrected chi connectivity index (χ1v) is 9.43. The van der Waals surface area contributed by atoms with Crippen LogP contribution in [0.1, 0.15) is 55.0 Å². The Morgan fingerprint density at radius 2 is 2.00 bits per heavy atom. The average Bonchev–Trinajstić information content (AvgIpc) is 3.42.